The fraction of sp³-hybridized carbons (Fsp3) is 0.263. The number of carbonyl (C=O) groups is 1. The standard InChI is InChI=1S/C19H23ClN4O.HI/c1-3-14-5-4-6-15(12-14)23-19(21)22-10-9-18(25)24-17-8-7-13(2)11-16(17)20;/h4-8,11-12H,3,9-10H2,1-2H3,(H,24,25)(H3,21,22,23);1H. The summed E-state index contributed by atoms with van der Waals surface area (Å²) >= 11 is 6.10. The van der Waals surface area contributed by atoms with Crippen molar-refractivity contribution in [3.8, 4) is 0 Å². The zero-order chi connectivity index (χ0) is 18.2. The molecule has 4 N–H and O–H groups in total. The molecule has 5 nitrogen and oxygen atoms in total. The SMILES string of the molecule is CCc1cccc(NC(N)=NCCC(=O)Nc2ccc(C)cc2Cl)c1.I. The Morgan fingerprint density at radius 2 is 1.96 bits per heavy atom. The second-order valence-electron chi connectivity index (χ2n) is 5.73. The maximum atomic E-state index is 12.0. The van der Waals surface area contributed by atoms with Crippen molar-refractivity contribution in [3.63, 3.8) is 0 Å². The van der Waals surface area contributed by atoms with Gasteiger partial charge in [-0.25, -0.2) is 0 Å². The highest BCUT2D eigenvalue weighted by Gasteiger charge is 2.06. The van der Waals surface area contributed by atoms with Crippen LogP contribution in [0, 0.1) is 6.92 Å². The molecule has 0 atom stereocenters. The predicted octanol–water partition coefficient (Wildman–Crippen LogP) is 4.58. The minimum Gasteiger partial charge on any atom is -0.370 e. The number of guanidine groups is 1. The minimum atomic E-state index is -0.157. The molecule has 140 valence electrons. The van der Waals surface area contributed by atoms with Gasteiger partial charge in [0.25, 0.3) is 0 Å². The molecular formula is C19H24ClIN4O. The molecule has 7 heteroatoms. The Morgan fingerprint density at radius 1 is 1.19 bits per heavy atom. The number of aliphatic imine (C=N–C) groups is 1. The van der Waals surface area contributed by atoms with Gasteiger partial charge in [0.15, 0.2) is 5.96 Å². The number of carbonyl (C=O) groups excluding carboxylic acids is 1. The summed E-state index contributed by atoms with van der Waals surface area (Å²) in [6.45, 7) is 4.33. The number of nitrogens with zero attached hydrogens (tertiary/aromatic N) is 1. The van der Waals surface area contributed by atoms with E-state index in [0.29, 0.717) is 17.3 Å². The van der Waals surface area contributed by atoms with Gasteiger partial charge in [0, 0.05) is 12.1 Å². The van der Waals surface area contributed by atoms with Gasteiger partial charge in [-0.05, 0) is 48.7 Å². The first-order valence-corrected chi connectivity index (χ1v) is 8.57. The Labute approximate surface area is 176 Å². The minimum absolute atomic E-state index is 0. The number of nitrogens with two attached hydrogens (primary N) is 1. The maximum Gasteiger partial charge on any atom is 0.226 e. The summed E-state index contributed by atoms with van der Waals surface area (Å²) in [7, 11) is 0. The van der Waals surface area contributed by atoms with E-state index in [9.17, 15) is 4.79 Å². The Bertz CT molecular complexity index is 780. The molecule has 0 aliphatic rings. The van der Waals surface area contributed by atoms with Crippen molar-refractivity contribution in [2.75, 3.05) is 17.2 Å². The molecule has 2 aromatic carbocycles. The number of halogens is 2. The molecular weight excluding hydrogens is 463 g/mol. The van der Waals surface area contributed by atoms with Gasteiger partial charge < -0.3 is 16.4 Å². The monoisotopic (exact) mass is 486 g/mol. The predicted molar refractivity (Wildman–Crippen MR) is 121 cm³/mol. The first kappa shape index (κ1) is 22.2. The molecule has 0 bridgehead atoms. The summed E-state index contributed by atoms with van der Waals surface area (Å²) in [5.74, 6) is 0.129. The summed E-state index contributed by atoms with van der Waals surface area (Å²) in [5.41, 5.74) is 9.60. The summed E-state index contributed by atoms with van der Waals surface area (Å²) in [5, 5.41) is 6.33. The molecule has 0 unspecified atom stereocenters. The van der Waals surface area contributed by atoms with Crippen LogP contribution in [0.3, 0.4) is 0 Å². The van der Waals surface area contributed by atoms with Gasteiger partial charge in [-0.3, -0.25) is 9.79 Å². The van der Waals surface area contributed by atoms with Crippen LogP contribution >= 0.6 is 35.6 Å². The normalized spacial score (nSPS) is 10.8. The Balaban J connectivity index is 0.00000338. The number of rotatable bonds is 6. The molecule has 0 aliphatic carbocycles. The molecule has 0 spiro atoms. The van der Waals surface area contributed by atoms with E-state index in [1.807, 2.05) is 37.3 Å². The highest BCUT2D eigenvalue weighted by molar-refractivity contribution is 14.0. The van der Waals surface area contributed by atoms with E-state index < -0.39 is 0 Å². The second kappa shape index (κ2) is 11.0. The Kier molecular flexibility index (Phi) is 9.43. The van der Waals surface area contributed by atoms with Gasteiger partial charge in [-0.15, -0.1) is 24.0 Å². The van der Waals surface area contributed by atoms with Crippen molar-refractivity contribution in [2.24, 2.45) is 10.7 Å². The summed E-state index contributed by atoms with van der Waals surface area (Å²) in [6.07, 6.45) is 1.18. The fourth-order valence-electron chi connectivity index (χ4n) is 2.27. The van der Waals surface area contributed by atoms with Gasteiger partial charge in [0.2, 0.25) is 5.91 Å². The maximum absolute atomic E-state index is 12.0. The van der Waals surface area contributed by atoms with E-state index in [-0.39, 0.29) is 42.3 Å². The van der Waals surface area contributed by atoms with Gasteiger partial charge in [-0.2, -0.15) is 0 Å². The topological polar surface area (TPSA) is 79.5 Å². The Morgan fingerprint density at radius 3 is 2.65 bits per heavy atom. The molecule has 2 rings (SSSR count). The van der Waals surface area contributed by atoms with Crippen molar-refractivity contribution < 1.29 is 4.79 Å². The average molecular weight is 487 g/mol. The van der Waals surface area contributed by atoms with Crippen LogP contribution in [-0.2, 0) is 11.2 Å². The zero-order valence-electron chi connectivity index (χ0n) is 14.9. The molecule has 0 fully saturated rings. The number of nitrogens with one attached hydrogen (secondary N) is 2. The number of benzene rings is 2. The Hall–Kier alpha value is -1.80. The number of amides is 1. The van der Waals surface area contributed by atoms with Crippen molar-refractivity contribution in [3.05, 3.63) is 58.6 Å². The van der Waals surface area contributed by atoms with Crippen molar-refractivity contribution in [1.82, 2.24) is 0 Å². The molecule has 0 radical (unpaired) electrons. The van der Waals surface area contributed by atoms with Crippen LogP contribution in [-0.4, -0.2) is 18.4 Å². The van der Waals surface area contributed by atoms with E-state index in [4.69, 9.17) is 17.3 Å². The number of anilines is 2. The van der Waals surface area contributed by atoms with Gasteiger partial charge >= 0.3 is 0 Å². The van der Waals surface area contributed by atoms with E-state index in [1.54, 1.807) is 6.07 Å². The largest absolute Gasteiger partial charge is 0.370 e. The van der Waals surface area contributed by atoms with Gasteiger partial charge in [-0.1, -0.05) is 36.7 Å². The third-order valence-corrected chi connectivity index (χ3v) is 3.94. The van der Waals surface area contributed by atoms with Crippen molar-refractivity contribution in [2.45, 2.75) is 26.7 Å². The van der Waals surface area contributed by atoms with Crippen LogP contribution in [0.4, 0.5) is 11.4 Å². The van der Waals surface area contributed by atoms with Gasteiger partial charge in [0.1, 0.15) is 0 Å². The number of hydrogen-bond acceptors (Lipinski definition) is 2. The second-order valence-corrected chi connectivity index (χ2v) is 6.13. The van der Waals surface area contributed by atoms with E-state index in [2.05, 4.69) is 28.6 Å². The summed E-state index contributed by atoms with van der Waals surface area (Å²) in [6, 6.07) is 13.5. The highest BCUT2D eigenvalue weighted by atomic mass is 127. The number of aryl methyl sites for hydroxylation is 2. The first-order valence-electron chi connectivity index (χ1n) is 8.20. The first-order chi connectivity index (χ1) is 12.0. The summed E-state index contributed by atoms with van der Waals surface area (Å²) in [4.78, 5) is 16.2. The number of hydrogen-bond donors (Lipinski definition) is 3. The van der Waals surface area contributed by atoms with Crippen LogP contribution in [0.1, 0.15) is 24.5 Å². The zero-order valence-corrected chi connectivity index (χ0v) is 18.0. The highest BCUT2D eigenvalue weighted by Crippen LogP contribution is 2.22. The van der Waals surface area contributed by atoms with Crippen molar-refractivity contribution in [1.29, 1.82) is 0 Å². The molecule has 0 saturated carbocycles. The molecule has 0 saturated heterocycles. The van der Waals surface area contributed by atoms with E-state index in [1.165, 1.54) is 5.56 Å². The lowest BCUT2D eigenvalue weighted by molar-refractivity contribution is -0.116. The van der Waals surface area contributed by atoms with Gasteiger partial charge in [0.05, 0.1) is 17.3 Å². The van der Waals surface area contributed by atoms with Crippen LogP contribution < -0.4 is 16.4 Å². The molecule has 0 heterocycles. The molecule has 1 amide bonds. The lowest BCUT2D eigenvalue weighted by Crippen LogP contribution is -2.23. The third-order valence-electron chi connectivity index (χ3n) is 3.63. The summed E-state index contributed by atoms with van der Waals surface area (Å²) < 4.78 is 0. The van der Waals surface area contributed by atoms with Crippen LogP contribution in [0.15, 0.2) is 47.5 Å². The lowest BCUT2D eigenvalue weighted by atomic mass is 10.1. The molecule has 0 aromatic heterocycles. The lowest BCUT2D eigenvalue weighted by Gasteiger charge is -2.08. The van der Waals surface area contributed by atoms with Crippen molar-refractivity contribution >= 4 is 58.8 Å². The van der Waals surface area contributed by atoms with Crippen LogP contribution in [0.25, 0.3) is 0 Å². The van der Waals surface area contributed by atoms with Crippen LogP contribution in [0.5, 0.6) is 0 Å². The van der Waals surface area contributed by atoms with E-state index in [0.717, 1.165) is 17.7 Å². The van der Waals surface area contributed by atoms with E-state index >= 15 is 0 Å². The quantitative estimate of drug-likeness (QED) is 0.318. The molecule has 2 aromatic rings. The average Bonchev–Trinajstić information content (AvgIpc) is 2.57. The smallest absolute Gasteiger partial charge is 0.226 e. The fourth-order valence-corrected chi connectivity index (χ4v) is 2.55. The van der Waals surface area contributed by atoms with Crippen LogP contribution in [0.2, 0.25) is 5.02 Å². The molecule has 26 heavy (non-hydrogen) atoms. The third kappa shape index (κ3) is 7.21. The molecule has 0 aliphatic heterocycles.